The van der Waals surface area contributed by atoms with Crippen LogP contribution in [0.4, 0.5) is 0 Å². The van der Waals surface area contributed by atoms with Gasteiger partial charge in [0, 0.05) is 5.57 Å². The number of hydrogen-bond donors (Lipinski definition) is 1. The van der Waals surface area contributed by atoms with E-state index in [1.165, 1.54) is 5.56 Å². The van der Waals surface area contributed by atoms with E-state index in [1.54, 1.807) is 17.9 Å². The molecule has 1 aliphatic heterocycles. The van der Waals surface area contributed by atoms with Crippen LogP contribution in [-0.4, -0.2) is 29.7 Å². The van der Waals surface area contributed by atoms with E-state index in [4.69, 9.17) is 25.0 Å². The van der Waals surface area contributed by atoms with Gasteiger partial charge in [-0.1, -0.05) is 37.8 Å². The lowest BCUT2D eigenvalue weighted by atomic mass is 9.91. The van der Waals surface area contributed by atoms with Crippen molar-refractivity contribution in [2.75, 3.05) is 13.7 Å². The predicted octanol–water partition coefficient (Wildman–Crippen LogP) is 4.32. The summed E-state index contributed by atoms with van der Waals surface area (Å²) in [6, 6.07) is 15.9. The fraction of sp³-hybridized carbons (Fsp3) is 0.231. The highest BCUT2D eigenvalue weighted by molar-refractivity contribution is 5.90. The minimum atomic E-state index is -0.926. The molecule has 1 aliphatic rings. The van der Waals surface area contributed by atoms with E-state index >= 15 is 0 Å². The van der Waals surface area contributed by atoms with Crippen molar-refractivity contribution in [3.63, 3.8) is 0 Å². The number of nitriles is 1. The Labute approximate surface area is 193 Å². The van der Waals surface area contributed by atoms with Crippen LogP contribution in [0.25, 0.3) is 11.3 Å². The number of rotatable bonds is 7. The standard InChI is InChI=1S/C26H26N4O3/c1-5-13-32-21-12-9-18(14-22(21)31-4)24-20(15-27)25(28)33-26-23(24)16(3)29-30(26)19-10-7-17(6-2)8-11-19/h5,7-12,14,25H,1,6,13,28H2,2-4H3. The molecule has 0 saturated heterocycles. The molecular weight excluding hydrogens is 416 g/mol. The molecule has 0 aliphatic carbocycles. The van der Waals surface area contributed by atoms with Gasteiger partial charge in [-0.15, -0.1) is 0 Å². The number of hydrogen-bond acceptors (Lipinski definition) is 6. The summed E-state index contributed by atoms with van der Waals surface area (Å²) in [6.45, 7) is 8.03. The first kappa shape index (κ1) is 22.2. The van der Waals surface area contributed by atoms with Crippen molar-refractivity contribution in [1.82, 2.24) is 9.78 Å². The molecule has 0 spiro atoms. The number of aromatic nitrogens is 2. The fourth-order valence-electron chi connectivity index (χ4n) is 3.92. The molecule has 1 atom stereocenters. The smallest absolute Gasteiger partial charge is 0.226 e. The zero-order valence-corrected chi connectivity index (χ0v) is 19.0. The van der Waals surface area contributed by atoms with Crippen LogP contribution in [0.5, 0.6) is 17.4 Å². The summed E-state index contributed by atoms with van der Waals surface area (Å²) in [5.74, 6) is 1.63. The van der Waals surface area contributed by atoms with E-state index < -0.39 is 6.23 Å². The van der Waals surface area contributed by atoms with E-state index in [9.17, 15) is 5.26 Å². The molecule has 1 aromatic heterocycles. The van der Waals surface area contributed by atoms with Crippen molar-refractivity contribution in [3.8, 4) is 29.1 Å². The molecule has 7 nitrogen and oxygen atoms in total. The number of fused-ring (bicyclic) bond motifs is 1. The summed E-state index contributed by atoms with van der Waals surface area (Å²) in [6.07, 6.45) is 1.69. The predicted molar refractivity (Wildman–Crippen MR) is 127 cm³/mol. The van der Waals surface area contributed by atoms with Crippen molar-refractivity contribution in [2.24, 2.45) is 5.73 Å². The van der Waals surface area contributed by atoms with Crippen LogP contribution in [-0.2, 0) is 6.42 Å². The van der Waals surface area contributed by atoms with Crippen LogP contribution >= 0.6 is 0 Å². The lowest BCUT2D eigenvalue weighted by Gasteiger charge is -2.25. The number of nitrogens with zero attached hydrogens (tertiary/aromatic N) is 3. The normalized spacial score (nSPS) is 14.8. The van der Waals surface area contributed by atoms with Crippen molar-refractivity contribution in [3.05, 3.63) is 83.1 Å². The maximum atomic E-state index is 9.93. The van der Waals surface area contributed by atoms with Gasteiger partial charge in [0.2, 0.25) is 5.88 Å². The molecule has 0 bridgehead atoms. The lowest BCUT2D eigenvalue weighted by molar-refractivity contribution is 0.228. The Hall–Kier alpha value is -4.02. The van der Waals surface area contributed by atoms with Crippen molar-refractivity contribution >= 4 is 5.57 Å². The number of methoxy groups -OCH3 is 1. The molecule has 7 heteroatoms. The van der Waals surface area contributed by atoms with Crippen molar-refractivity contribution in [2.45, 2.75) is 26.5 Å². The average Bonchev–Trinajstić information content (AvgIpc) is 3.17. The molecule has 0 amide bonds. The molecule has 0 fully saturated rings. The summed E-state index contributed by atoms with van der Waals surface area (Å²) >= 11 is 0. The van der Waals surface area contributed by atoms with Gasteiger partial charge >= 0.3 is 0 Å². The van der Waals surface area contributed by atoms with Gasteiger partial charge in [0.05, 0.1) is 29.6 Å². The van der Waals surface area contributed by atoms with E-state index in [0.29, 0.717) is 35.1 Å². The van der Waals surface area contributed by atoms with E-state index in [2.05, 4.69) is 31.7 Å². The van der Waals surface area contributed by atoms with Gasteiger partial charge in [-0.3, -0.25) is 5.73 Å². The molecule has 33 heavy (non-hydrogen) atoms. The molecular formula is C26H26N4O3. The van der Waals surface area contributed by atoms with Gasteiger partial charge in [0.15, 0.2) is 17.7 Å². The van der Waals surface area contributed by atoms with Crippen molar-refractivity contribution in [1.29, 1.82) is 5.26 Å². The van der Waals surface area contributed by atoms with E-state index in [1.807, 2.05) is 37.3 Å². The first-order valence-electron chi connectivity index (χ1n) is 10.7. The van der Waals surface area contributed by atoms with Gasteiger partial charge in [0.25, 0.3) is 0 Å². The Kier molecular flexibility index (Phi) is 6.20. The van der Waals surface area contributed by atoms with Crippen LogP contribution in [0.1, 0.15) is 29.3 Å². The second-order valence-corrected chi connectivity index (χ2v) is 7.60. The number of benzene rings is 2. The number of ether oxygens (including phenoxy) is 3. The van der Waals surface area contributed by atoms with Gasteiger partial charge in [0.1, 0.15) is 12.7 Å². The molecule has 0 saturated carbocycles. The molecule has 3 aromatic rings. The molecule has 4 rings (SSSR count). The zero-order valence-electron chi connectivity index (χ0n) is 19.0. The van der Waals surface area contributed by atoms with Crippen LogP contribution in [0, 0.1) is 18.3 Å². The quantitative estimate of drug-likeness (QED) is 0.548. The van der Waals surface area contributed by atoms with Crippen LogP contribution in [0.3, 0.4) is 0 Å². The Morgan fingerprint density at radius 3 is 2.64 bits per heavy atom. The van der Waals surface area contributed by atoms with E-state index in [-0.39, 0.29) is 0 Å². The van der Waals surface area contributed by atoms with Gasteiger partial charge in [-0.2, -0.15) is 10.4 Å². The SMILES string of the molecule is C=CCOc1ccc(C2=C(C#N)C(N)Oc3c2c(C)nn3-c2ccc(CC)cc2)cc1OC. The zero-order chi connectivity index (χ0) is 23.5. The number of nitrogens with two attached hydrogens (primary N) is 1. The summed E-state index contributed by atoms with van der Waals surface area (Å²) in [5.41, 5.74) is 11.6. The first-order chi connectivity index (χ1) is 16.0. The highest BCUT2D eigenvalue weighted by Gasteiger charge is 2.33. The van der Waals surface area contributed by atoms with Gasteiger partial charge < -0.3 is 14.2 Å². The highest BCUT2D eigenvalue weighted by atomic mass is 16.5. The Morgan fingerprint density at radius 1 is 1.24 bits per heavy atom. The molecule has 2 N–H and O–H groups in total. The maximum absolute atomic E-state index is 9.93. The van der Waals surface area contributed by atoms with Crippen LogP contribution < -0.4 is 19.9 Å². The second-order valence-electron chi connectivity index (χ2n) is 7.60. The molecule has 2 aromatic carbocycles. The highest BCUT2D eigenvalue weighted by Crippen LogP contribution is 2.43. The lowest BCUT2D eigenvalue weighted by Crippen LogP contribution is -2.33. The summed E-state index contributed by atoms with van der Waals surface area (Å²) in [4.78, 5) is 0. The van der Waals surface area contributed by atoms with Gasteiger partial charge in [-0.25, -0.2) is 4.68 Å². The summed E-state index contributed by atoms with van der Waals surface area (Å²) < 4.78 is 19.0. The third kappa shape index (κ3) is 3.97. The average molecular weight is 443 g/mol. The summed E-state index contributed by atoms with van der Waals surface area (Å²) in [5, 5.41) is 14.6. The third-order valence-corrected chi connectivity index (χ3v) is 5.58. The number of aryl methyl sites for hydroxylation is 2. The largest absolute Gasteiger partial charge is 0.493 e. The van der Waals surface area contributed by atoms with Crippen molar-refractivity contribution < 1.29 is 14.2 Å². The topological polar surface area (TPSA) is 95.3 Å². The Morgan fingerprint density at radius 2 is 2.00 bits per heavy atom. The maximum Gasteiger partial charge on any atom is 0.226 e. The third-order valence-electron chi connectivity index (χ3n) is 5.58. The van der Waals surface area contributed by atoms with Crippen LogP contribution in [0.2, 0.25) is 0 Å². The monoisotopic (exact) mass is 442 g/mol. The second kappa shape index (κ2) is 9.23. The summed E-state index contributed by atoms with van der Waals surface area (Å²) in [7, 11) is 1.57. The molecule has 1 unspecified atom stereocenters. The Bertz CT molecular complexity index is 1270. The fourth-order valence-corrected chi connectivity index (χ4v) is 3.92. The molecule has 168 valence electrons. The molecule has 0 radical (unpaired) electrons. The van der Waals surface area contributed by atoms with Crippen LogP contribution in [0.15, 0.2) is 60.7 Å². The molecule has 2 heterocycles. The first-order valence-corrected chi connectivity index (χ1v) is 10.7. The minimum absolute atomic E-state index is 0.327. The van der Waals surface area contributed by atoms with E-state index in [0.717, 1.165) is 28.9 Å². The Balaban J connectivity index is 1.88. The van der Waals surface area contributed by atoms with Gasteiger partial charge in [-0.05, 0) is 48.7 Å². The minimum Gasteiger partial charge on any atom is -0.493 e.